The second-order valence-electron chi connectivity index (χ2n) is 1.34. The van der Waals surface area contributed by atoms with Gasteiger partial charge >= 0.3 is 5.97 Å². The Kier molecular flexibility index (Phi) is 3.27. The van der Waals surface area contributed by atoms with Crippen LogP contribution < -0.4 is 0 Å². The Hall–Kier alpha value is -1.19. The summed E-state index contributed by atoms with van der Waals surface area (Å²) in [5, 5.41) is 16.5. The Bertz CT molecular complexity index is 127. The standard InChI is InChI=1S/C5H8O4/c1-9-5(8)3-2-4(6)7/h3,8H,2H2,1H3,(H,6,7)/b5-3-. The molecule has 0 aliphatic heterocycles. The minimum absolute atomic E-state index is 0.223. The molecule has 0 atom stereocenters. The van der Waals surface area contributed by atoms with Gasteiger partial charge in [0, 0.05) is 6.08 Å². The second-order valence-corrected chi connectivity index (χ2v) is 1.34. The highest BCUT2D eigenvalue weighted by Crippen LogP contribution is 1.90. The predicted octanol–water partition coefficient (Wildman–Crippen LogP) is 0.507. The van der Waals surface area contributed by atoms with E-state index in [0.29, 0.717) is 0 Å². The molecule has 0 aromatic heterocycles. The third-order valence-electron chi connectivity index (χ3n) is 0.660. The monoisotopic (exact) mass is 132 g/mol. The summed E-state index contributed by atoms with van der Waals surface area (Å²) in [6.07, 6.45) is 0.849. The van der Waals surface area contributed by atoms with Crippen LogP contribution in [0.3, 0.4) is 0 Å². The fourth-order valence-corrected chi connectivity index (χ4v) is 0.258. The SMILES string of the molecule is CO/C(O)=C\CC(=O)O. The molecule has 0 unspecified atom stereocenters. The highest BCUT2D eigenvalue weighted by Gasteiger charge is 1.93. The van der Waals surface area contributed by atoms with Crippen LogP contribution in [-0.2, 0) is 9.53 Å². The molecule has 0 aromatic carbocycles. The first-order valence-electron chi connectivity index (χ1n) is 2.31. The number of rotatable bonds is 3. The number of carboxylic acids is 1. The van der Waals surface area contributed by atoms with Crippen molar-refractivity contribution in [1.82, 2.24) is 0 Å². The zero-order valence-corrected chi connectivity index (χ0v) is 5.00. The maximum Gasteiger partial charge on any atom is 0.307 e. The van der Waals surface area contributed by atoms with Crippen LogP contribution in [0.4, 0.5) is 0 Å². The molecule has 0 amide bonds. The zero-order chi connectivity index (χ0) is 7.28. The molecule has 52 valence electrons. The zero-order valence-electron chi connectivity index (χ0n) is 5.00. The summed E-state index contributed by atoms with van der Waals surface area (Å²) < 4.78 is 4.25. The van der Waals surface area contributed by atoms with Crippen LogP contribution in [0.5, 0.6) is 0 Å². The first-order valence-corrected chi connectivity index (χ1v) is 2.31. The summed E-state index contributed by atoms with van der Waals surface area (Å²) in [6, 6.07) is 0. The lowest BCUT2D eigenvalue weighted by molar-refractivity contribution is -0.136. The molecule has 0 saturated carbocycles. The molecule has 0 rings (SSSR count). The van der Waals surface area contributed by atoms with Crippen LogP contribution in [-0.4, -0.2) is 23.3 Å². The van der Waals surface area contributed by atoms with Crippen LogP contribution >= 0.6 is 0 Å². The highest BCUT2D eigenvalue weighted by molar-refractivity contribution is 5.68. The summed E-state index contributed by atoms with van der Waals surface area (Å²) in [4.78, 5) is 9.81. The number of carboxylic acid groups (broad SMARTS) is 1. The maximum atomic E-state index is 9.81. The minimum atomic E-state index is -1.00. The Morgan fingerprint density at radius 1 is 1.67 bits per heavy atom. The molecule has 0 spiro atoms. The van der Waals surface area contributed by atoms with Gasteiger partial charge in [-0.15, -0.1) is 0 Å². The van der Waals surface area contributed by atoms with Crippen LogP contribution in [0.25, 0.3) is 0 Å². The van der Waals surface area contributed by atoms with Crippen molar-refractivity contribution in [2.45, 2.75) is 6.42 Å². The Morgan fingerprint density at radius 3 is 2.56 bits per heavy atom. The number of hydrogen-bond donors (Lipinski definition) is 2. The number of methoxy groups -OCH3 is 1. The average molecular weight is 132 g/mol. The van der Waals surface area contributed by atoms with Crippen molar-refractivity contribution in [3.63, 3.8) is 0 Å². The largest absolute Gasteiger partial charge is 0.481 e. The summed E-state index contributed by atoms with van der Waals surface area (Å²) in [5.41, 5.74) is 0. The van der Waals surface area contributed by atoms with Crippen LogP contribution in [0.2, 0.25) is 0 Å². The minimum Gasteiger partial charge on any atom is -0.481 e. The normalized spacial score (nSPS) is 11.0. The molecule has 0 aliphatic carbocycles. The van der Waals surface area contributed by atoms with Crippen molar-refractivity contribution in [2.24, 2.45) is 0 Å². The van der Waals surface area contributed by atoms with Crippen molar-refractivity contribution in [2.75, 3.05) is 7.11 Å². The van der Waals surface area contributed by atoms with E-state index in [1.165, 1.54) is 7.11 Å². The molecular formula is C5H8O4. The third-order valence-corrected chi connectivity index (χ3v) is 0.660. The molecule has 0 aliphatic rings. The molecule has 4 nitrogen and oxygen atoms in total. The van der Waals surface area contributed by atoms with Gasteiger partial charge in [-0.2, -0.15) is 0 Å². The van der Waals surface area contributed by atoms with Gasteiger partial charge in [0.15, 0.2) is 0 Å². The van der Waals surface area contributed by atoms with E-state index in [1.807, 2.05) is 0 Å². The van der Waals surface area contributed by atoms with Gasteiger partial charge in [-0.05, 0) is 0 Å². The predicted molar refractivity (Wildman–Crippen MR) is 30.0 cm³/mol. The van der Waals surface area contributed by atoms with E-state index in [1.54, 1.807) is 0 Å². The van der Waals surface area contributed by atoms with E-state index >= 15 is 0 Å². The van der Waals surface area contributed by atoms with Crippen molar-refractivity contribution < 1.29 is 19.7 Å². The maximum absolute atomic E-state index is 9.81. The average Bonchev–Trinajstić information content (AvgIpc) is 1.83. The number of aliphatic hydroxyl groups is 1. The van der Waals surface area contributed by atoms with E-state index in [0.717, 1.165) is 6.08 Å². The van der Waals surface area contributed by atoms with Gasteiger partial charge in [0.2, 0.25) is 0 Å². The molecule has 0 aromatic rings. The molecule has 0 radical (unpaired) electrons. The Morgan fingerprint density at radius 2 is 2.22 bits per heavy atom. The van der Waals surface area contributed by atoms with E-state index in [-0.39, 0.29) is 12.4 Å². The number of aliphatic hydroxyl groups excluding tert-OH is 1. The molecule has 9 heavy (non-hydrogen) atoms. The summed E-state index contributed by atoms with van der Waals surface area (Å²) in [6.45, 7) is 0. The highest BCUT2D eigenvalue weighted by atomic mass is 16.6. The molecule has 4 heteroatoms. The Balaban J connectivity index is 3.56. The smallest absolute Gasteiger partial charge is 0.307 e. The third kappa shape index (κ3) is 4.67. The van der Waals surface area contributed by atoms with E-state index in [9.17, 15) is 4.79 Å². The second kappa shape index (κ2) is 3.77. The molecular weight excluding hydrogens is 124 g/mol. The summed E-state index contributed by atoms with van der Waals surface area (Å²) in [5.74, 6) is -1.36. The van der Waals surface area contributed by atoms with Crippen molar-refractivity contribution in [1.29, 1.82) is 0 Å². The first-order chi connectivity index (χ1) is 4.16. The van der Waals surface area contributed by atoms with Gasteiger partial charge in [0.25, 0.3) is 5.95 Å². The number of aliphatic carboxylic acids is 1. The number of ether oxygens (including phenoxy) is 1. The van der Waals surface area contributed by atoms with Gasteiger partial charge in [0.1, 0.15) is 0 Å². The summed E-state index contributed by atoms with van der Waals surface area (Å²) in [7, 11) is 1.26. The van der Waals surface area contributed by atoms with Crippen molar-refractivity contribution in [3.8, 4) is 0 Å². The fourth-order valence-electron chi connectivity index (χ4n) is 0.258. The lowest BCUT2D eigenvalue weighted by Gasteiger charge is -1.92. The first kappa shape index (κ1) is 7.81. The van der Waals surface area contributed by atoms with Gasteiger partial charge in [-0.1, -0.05) is 0 Å². The van der Waals surface area contributed by atoms with Gasteiger partial charge in [-0.25, -0.2) is 0 Å². The molecule has 0 saturated heterocycles. The molecule has 0 bridgehead atoms. The van der Waals surface area contributed by atoms with E-state index in [4.69, 9.17) is 10.2 Å². The Labute approximate surface area is 52.4 Å². The van der Waals surface area contributed by atoms with Crippen molar-refractivity contribution in [3.05, 3.63) is 12.0 Å². The van der Waals surface area contributed by atoms with Crippen molar-refractivity contribution >= 4 is 5.97 Å². The van der Waals surface area contributed by atoms with Crippen LogP contribution in [0.1, 0.15) is 6.42 Å². The number of hydrogen-bond acceptors (Lipinski definition) is 3. The molecule has 2 N–H and O–H groups in total. The molecule has 0 heterocycles. The van der Waals surface area contributed by atoms with E-state index < -0.39 is 5.97 Å². The lowest BCUT2D eigenvalue weighted by Crippen LogP contribution is -1.92. The van der Waals surface area contributed by atoms with Gasteiger partial charge in [0.05, 0.1) is 13.5 Å². The van der Waals surface area contributed by atoms with Crippen LogP contribution in [0.15, 0.2) is 12.0 Å². The number of carbonyl (C=O) groups is 1. The van der Waals surface area contributed by atoms with Gasteiger partial charge in [-0.3, -0.25) is 4.79 Å². The summed E-state index contributed by atoms with van der Waals surface area (Å²) >= 11 is 0. The molecule has 0 fully saturated rings. The van der Waals surface area contributed by atoms with Gasteiger partial charge < -0.3 is 14.9 Å². The topological polar surface area (TPSA) is 66.8 Å². The van der Waals surface area contributed by atoms with Crippen LogP contribution in [0, 0.1) is 0 Å². The lowest BCUT2D eigenvalue weighted by atomic mass is 10.4. The quantitative estimate of drug-likeness (QED) is 0.549. The van der Waals surface area contributed by atoms with E-state index in [2.05, 4.69) is 4.74 Å². The fraction of sp³-hybridized carbons (Fsp3) is 0.400.